The molecule has 0 aliphatic carbocycles. The van der Waals surface area contributed by atoms with Crippen LogP contribution in [0.5, 0.6) is 5.75 Å². The molecule has 0 heterocycles. The van der Waals surface area contributed by atoms with Crippen LogP contribution >= 0.6 is 23.2 Å². The topological polar surface area (TPSA) is 21.3 Å². The van der Waals surface area contributed by atoms with E-state index in [1.165, 1.54) is 17.7 Å². The molecule has 3 aromatic rings. The van der Waals surface area contributed by atoms with E-state index in [9.17, 15) is 4.39 Å². The van der Waals surface area contributed by atoms with E-state index in [2.05, 4.69) is 18.3 Å². The van der Waals surface area contributed by atoms with Crippen molar-refractivity contribution in [1.82, 2.24) is 0 Å². The second-order valence-corrected chi connectivity index (χ2v) is 7.00. The fraction of sp³-hybridized carbons (Fsp3) is 0.182. The van der Waals surface area contributed by atoms with E-state index in [0.717, 1.165) is 23.2 Å². The third-order valence-corrected chi connectivity index (χ3v) is 4.75. The first-order valence-electron chi connectivity index (χ1n) is 8.73. The lowest BCUT2D eigenvalue weighted by Crippen LogP contribution is -2.06. The molecule has 3 aromatic carbocycles. The highest BCUT2D eigenvalue weighted by molar-refractivity contribution is 6.35. The number of halogens is 3. The Bertz CT molecular complexity index is 913. The van der Waals surface area contributed by atoms with Gasteiger partial charge in [0.2, 0.25) is 0 Å². The number of rotatable bonds is 7. The lowest BCUT2D eigenvalue weighted by Gasteiger charge is -2.16. The van der Waals surface area contributed by atoms with Crippen molar-refractivity contribution in [2.45, 2.75) is 26.5 Å². The van der Waals surface area contributed by atoms with Crippen LogP contribution in [0.2, 0.25) is 10.0 Å². The molecule has 140 valence electrons. The van der Waals surface area contributed by atoms with Crippen molar-refractivity contribution in [3.63, 3.8) is 0 Å². The van der Waals surface area contributed by atoms with Crippen LogP contribution in [0.15, 0.2) is 60.7 Å². The molecule has 1 N–H and O–H groups in total. The average Bonchev–Trinajstić information content (AvgIpc) is 2.67. The zero-order chi connectivity index (χ0) is 19.2. The number of aryl methyl sites for hydroxylation is 1. The SMILES string of the molecule is CCc1ccccc1NCc1cc(Cl)cc(Cl)c1OCc1ccc(F)cc1. The van der Waals surface area contributed by atoms with Gasteiger partial charge < -0.3 is 10.1 Å². The number of ether oxygens (including phenoxy) is 1. The van der Waals surface area contributed by atoms with Crippen LogP contribution in [0.25, 0.3) is 0 Å². The van der Waals surface area contributed by atoms with Crippen molar-refractivity contribution >= 4 is 28.9 Å². The summed E-state index contributed by atoms with van der Waals surface area (Å²) in [5.74, 6) is 0.301. The Morgan fingerprint density at radius 1 is 0.963 bits per heavy atom. The summed E-state index contributed by atoms with van der Waals surface area (Å²) in [6, 6.07) is 17.9. The van der Waals surface area contributed by atoms with Crippen molar-refractivity contribution in [3.05, 3.63) is 93.2 Å². The minimum Gasteiger partial charge on any atom is -0.487 e. The van der Waals surface area contributed by atoms with Crippen molar-refractivity contribution < 1.29 is 9.13 Å². The Kier molecular flexibility index (Phi) is 6.59. The van der Waals surface area contributed by atoms with Gasteiger partial charge in [0, 0.05) is 22.8 Å². The molecule has 0 saturated carbocycles. The molecule has 0 aliphatic heterocycles. The summed E-state index contributed by atoms with van der Waals surface area (Å²) in [5, 5.41) is 4.43. The fourth-order valence-corrected chi connectivity index (χ4v) is 3.42. The summed E-state index contributed by atoms with van der Waals surface area (Å²) in [7, 11) is 0. The van der Waals surface area contributed by atoms with Gasteiger partial charge in [0.25, 0.3) is 0 Å². The molecular formula is C22H20Cl2FNO. The van der Waals surface area contributed by atoms with E-state index in [1.54, 1.807) is 18.2 Å². The molecule has 5 heteroatoms. The second-order valence-electron chi connectivity index (χ2n) is 6.16. The lowest BCUT2D eigenvalue weighted by atomic mass is 10.1. The number of hydrogen-bond donors (Lipinski definition) is 1. The van der Waals surface area contributed by atoms with Gasteiger partial charge in [-0.2, -0.15) is 0 Å². The van der Waals surface area contributed by atoms with Gasteiger partial charge in [-0.1, -0.05) is 60.5 Å². The van der Waals surface area contributed by atoms with Gasteiger partial charge >= 0.3 is 0 Å². The van der Waals surface area contributed by atoms with Gasteiger partial charge in [0.1, 0.15) is 18.2 Å². The average molecular weight is 404 g/mol. The molecule has 0 unspecified atom stereocenters. The minimum atomic E-state index is -0.275. The van der Waals surface area contributed by atoms with Gasteiger partial charge in [0.15, 0.2) is 0 Å². The fourth-order valence-electron chi connectivity index (χ4n) is 2.83. The first-order chi connectivity index (χ1) is 13.1. The number of anilines is 1. The molecule has 0 amide bonds. The zero-order valence-electron chi connectivity index (χ0n) is 14.9. The first kappa shape index (κ1) is 19.5. The maximum absolute atomic E-state index is 13.1. The standard InChI is InChI=1S/C22H20Cl2FNO/c1-2-16-5-3-4-6-21(16)26-13-17-11-18(23)12-20(24)22(17)27-14-15-7-9-19(25)10-8-15/h3-12,26H,2,13-14H2,1H3. The van der Waals surface area contributed by atoms with Gasteiger partial charge in [-0.3, -0.25) is 0 Å². The van der Waals surface area contributed by atoms with E-state index in [1.807, 2.05) is 24.3 Å². The largest absolute Gasteiger partial charge is 0.487 e. The Balaban J connectivity index is 1.78. The predicted molar refractivity (Wildman–Crippen MR) is 110 cm³/mol. The third-order valence-electron chi connectivity index (χ3n) is 4.25. The highest BCUT2D eigenvalue weighted by Crippen LogP contribution is 2.34. The molecule has 2 nitrogen and oxygen atoms in total. The van der Waals surface area contributed by atoms with E-state index in [0.29, 0.717) is 28.9 Å². The molecular weight excluding hydrogens is 384 g/mol. The Morgan fingerprint density at radius 3 is 2.44 bits per heavy atom. The van der Waals surface area contributed by atoms with Crippen LogP contribution in [0, 0.1) is 5.82 Å². The van der Waals surface area contributed by atoms with Gasteiger partial charge in [-0.05, 0) is 47.9 Å². The number of nitrogens with one attached hydrogen (secondary N) is 1. The van der Waals surface area contributed by atoms with E-state index < -0.39 is 0 Å². The maximum Gasteiger partial charge on any atom is 0.143 e. The normalized spacial score (nSPS) is 10.7. The molecule has 0 spiro atoms. The van der Waals surface area contributed by atoms with Crippen molar-refractivity contribution in [2.75, 3.05) is 5.32 Å². The summed E-state index contributed by atoms with van der Waals surface area (Å²) in [6.45, 7) is 2.93. The van der Waals surface area contributed by atoms with Crippen LogP contribution in [0.4, 0.5) is 10.1 Å². The van der Waals surface area contributed by atoms with Crippen molar-refractivity contribution in [1.29, 1.82) is 0 Å². The lowest BCUT2D eigenvalue weighted by molar-refractivity contribution is 0.303. The van der Waals surface area contributed by atoms with Gasteiger partial charge in [-0.25, -0.2) is 4.39 Å². The predicted octanol–water partition coefficient (Wildman–Crippen LogP) is 6.89. The van der Waals surface area contributed by atoms with E-state index in [-0.39, 0.29) is 5.82 Å². The first-order valence-corrected chi connectivity index (χ1v) is 9.49. The highest BCUT2D eigenvalue weighted by atomic mass is 35.5. The number of para-hydroxylation sites is 1. The molecule has 27 heavy (non-hydrogen) atoms. The van der Waals surface area contributed by atoms with E-state index in [4.69, 9.17) is 27.9 Å². The Hall–Kier alpha value is -2.23. The third kappa shape index (κ3) is 5.15. The highest BCUT2D eigenvalue weighted by Gasteiger charge is 2.12. The second kappa shape index (κ2) is 9.12. The Labute approximate surface area is 168 Å². The summed E-state index contributed by atoms with van der Waals surface area (Å²) in [4.78, 5) is 0. The van der Waals surface area contributed by atoms with Gasteiger partial charge in [0.05, 0.1) is 5.02 Å². The van der Waals surface area contributed by atoms with Crippen molar-refractivity contribution in [2.24, 2.45) is 0 Å². The van der Waals surface area contributed by atoms with Crippen LogP contribution in [-0.2, 0) is 19.6 Å². The van der Waals surface area contributed by atoms with E-state index >= 15 is 0 Å². The Morgan fingerprint density at radius 2 is 1.70 bits per heavy atom. The molecule has 0 saturated heterocycles. The smallest absolute Gasteiger partial charge is 0.143 e. The molecule has 0 radical (unpaired) electrons. The van der Waals surface area contributed by atoms with Crippen molar-refractivity contribution in [3.8, 4) is 5.75 Å². The molecule has 0 aromatic heterocycles. The molecule has 0 bridgehead atoms. The zero-order valence-corrected chi connectivity index (χ0v) is 16.4. The molecule has 0 atom stereocenters. The summed E-state index contributed by atoms with van der Waals surface area (Å²) < 4.78 is 19.0. The van der Waals surface area contributed by atoms with Crippen LogP contribution in [-0.4, -0.2) is 0 Å². The summed E-state index contributed by atoms with van der Waals surface area (Å²) >= 11 is 12.6. The monoisotopic (exact) mass is 403 g/mol. The maximum atomic E-state index is 13.1. The molecule has 0 fully saturated rings. The molecule has 0 aliphatic rings. The quantitative estimate of drug-likeness (QED) is 0.463. The minimum absolute atomic E-state index is 0.275. The number of hydrogen-bond acceptors (Lipinski definition) is 2. The van der Waals surface area contributed by atoms with Crippen LogP contribution in [0.1, 0.15) is 23.6 Å². The van der Waals surface area contributed by atoms with Gasteiger partial charge in [-0.15, -0.1) is 0 Å². The number of benzene rings is 3. The van der Waals surface area contributed by atoms with Crippen LogP contribution < -0.4 is 10.1 Å². The summed E-state index contributed by atoms with van der Waals surface area (Å²) in [6.07, 6.45) is 0.938. The van der Waals surface area contributed by atoms with Crippen LogP contribution in [0.3, 0.4) is 0 Å². The summed E-state index contributed by atoms with van der Waals surface area (Å²) in [5.41, 5.74) is 4.03. The molecule has 3 rings (SSSR count).